The van der Waals surface area contributed by atoms with Gasteiger partial charge in [0.05, 0.1) is 22.1 Å². The smallest absolute Gasteiger partial charge is 0.246 e. The van der Waals surface area contributed by atoms with Gasteiger partial charge in [-0.1, -0.05) is 216 Å². The molecule has 0 amide bonds. The van der Waals surface area contributed by atoms with Crippen molar-refractivity contribution in [3.05, 3.63) is 231 Å². The molecule has 12 aromatic rings. The van der Waals surface area contributed by atoms with E-state index in [9.17, 15) is 0 Å². The second kappa shape index (κ2) is 13.7. The zero-order chi connectivity index (χ0) is 41.9. The summed E-state index contributed by atoms with van der Waals surface area (Å²) in [5, 5.41) is 5.04. The third-order valence-electron chi connectivity index (χ3n) is 14.3. The number of aromatic nitrogens is 2. The van der Waals surface area contributed by atoms with E-state index in [0.29, 0.717) is 0 Å². The molecule has 0 atom stereocenters. The molecule has 0 spiro atoms. The van der Waals surface area contributed by atoms with Crippen LogP contribution in [-0.4, -0.2) is 22.6 Å². The first-order chi connectivity index (χ1) is 31.8. The fourth-order valence-corrected chi connectivity index (χ4v) is 11.9. The van der Waals surface area contributed by atoms with Crippen LogP contribution in [-0.2, 0) is 0 Å². The van der Waals surface area contributed by atoms with Crippen LogP contribution < -0.4 is 32.8 Å². The molecular formula is C60H38B2N2. The van der Waals surface area contributed by atoms with Crippen LogP contribution in [0.2, 0.25) is 0 Å². The SMILES string of the molecule is c1ccc2c(c1)B(c1c(-c3cccc(-n4c5ccccc5c5ccccc54)c3B3c4ccccc4-c4ccccc43)cccc1-n1c3ccccc3c3ccccc31)c1ccccc1-2. The van der Waals surface area contributed by atoms with Crippen molar-refractivity contribution in [1.82, 2.24) is 9.13 Å². The van der Waals surface area contributed by atoms with Gasteiger partial charge in [-0.25, -0.2) is 0 Å². The molecule has 0 unspecified atom stereocenters. The Kier molecular flexibility index (Phi) is 7.61. The van der Waals surface area contributed by atoms with Crippen LogP contribution in [0.3, 0.4) is 0 Å². The van der Waals surface area contributed by atoms with Crippen molar-refractivity contribution < 1.29 is 0 Å². The minimum Gasteiger partial charge on any atom is -0.310 e. The van der Waals surface area contributed by atoms with E-state index in [1.54, 1.807) is 0 Å². The summed E-state index contributed by atoms with van der Waals surface area (Å²) in [5.41, 5.74) is 23.0. The van der Waals surface area contributed by atoms with E-state index in [1.807, 2.05) is 0 Å². The Hall–Kier alpha value is -8.07. The molecule has 0 saturated heterocycles. The molecule has 10 aromatic carbocycles. The lowest BCUT2D eigenvalue weighted by molar-refractivity contribution is 1.19. The van der Waals surface area contributed by atoms with Crippen molar-refractivity contribution in [2.24, 2.45) is 0 Å². The van der Waals surface area contributed by atoms with Crippen molar-refractivity contribution >= 4 is 89.8 Å². The summed E-state index contributed by atoms with van der Waals surface area (Å²) in [4.78, 5) is 0. The fourth-order valence-electron chi connectivity index (χ4n) is 11.9. The van der Waals surface area contributed by atoms with Gasteiger partial charge in [0, 0.05) is 32.9 Å². The summed E-state index contributed by atoms with van der Waals surface area (Å²) in [6.45, 7) is -0.0437. The molecule has 0 N–H and O–H groups in total. The maximum absolute atomic E-state index is 2.55. The number of fused-ring (bicyclic) bond motifs is 12. The van der Waals surface area contributed by atoms with Gasteiger partial charge in [0.1, 0.15) is 0 Å². The Morgan fingerprint density at radius 3 is 0.781 bits per heavy atom. The third-order valence-corrected chi connectivity index (χ3v) is 14.3. The fraction of sp³-hybridized carbons (Fsp3) is 0. The van der Waals surface area contributed by atoms with Crippen molar-refractivity contribution in [3.8, 4) is 44.8 Å². The monoisotopic (exact) mass is 808 g/mol. The predicted molar refractivity (Wildman–Crippen MR) is 274 cm³/mol. The highest BCUT2D eigenvalue weighted by molar-refractivity contribution is 7.02. The van der Waals surface area contributed by atoms with Crippen LogP contribution in [0.1, 0.15) is 0 Å². The zero-order valence-electron chi connectivity index (χ0n) is 35.0. The number of hydrogen-bond acceptors (Lipinski definition) is 0. The summed E-state index contributed by atoms with van der Waals surface area (Å²) in [7, 11) is 0. The number of para-hydroxylation sites is 4. The third kappa shape index (κ3) is 4.88. The van der Waals surface area contributed by atoms with Gasteiger partial charge in [0.25, 0.3) is 0 Å². The number of hydrogen-bond donors (Lipinski definition) is 0. The lowest BCUT2D eigenvalue weighted by Crippen LogP contribution is -2.53. The summed E-state index contributed by atoms with van der Waals surface area (Å²) in [6, 6.07) is 86.3. The maximum atomic E-state index is 2.55. The van der Waals surface area contributed by atoms with Crippen molar-refractivity contribution in [2.75, 3.05) is 0 Å². The summed E-state index contributed by atoms with van der Waals surface area (Å²) < 4.78 is 5.09. The van der Waals surface area contributed by atoms with Gasteiger partial charge >= 0.3 is 0 Å². The number of nitrogens with zero attached hydrogens (tertiary/aromatic N) is 2. The molecule has 2 aliphatic heterocycles. The van der Waals surface area contributed by atoms with Gasteiger partial charge < -0.3 is 9.13 Å². The molecule has 0 radical (unpaired) electrons. The van der Waals surface area contributed by atoms with Crippen molar-refractivity contribution in [1.29, 1.82) is 0 Å². The molecule has 2 nitrogen and oxygen atoms in total. The molecule has 294 valence electrons. The van der Waals surface area contributed by atoms with Crippen LogP contribution in [0.4, 0.5) is 0 Å². The van der Waals surface area contributed by atoms with E-state index in [4.69, 9.17) is 0 Å². The molecule has 0 bridgehead atoms. The second-order valence-corrected chi connectivity index (χ2v) is 17.4. The molecule has 64 heavy (non-hydrogen) atoms. The van der Waals surface area contributed by atoms with Crippen LogP contribution in [0, 0.1) is 0 Å². The molecule has 0 saturated carbocycles. The van der Waals surface area contributed by atoms with Crippen molar-refractivity contribution in [2.45, 2.75) is 0 Å². The van der Waals surface area contributed by atoms with Crippen LogP contribution in [0.25, 0.3) is 88.4 Å². The molecule has 2 aromatic heterocycles. The largest absolute Gasteiger partial charge is 0.310 e. The van der Waals surface area contributed by atoms with E-state index in [-0.39, 0.29) is 13.4 Å². The van der Waals surface area contributed by atoms with E-state index in [0.717, 1.165) is 0 Å². The zero-order valence-corrected chi connectivity index (χ0v) is 35.0. The Morgan fingerprint density at radius 1 is 0.219 bits per heavy atom. The van der Waals surface area contributed by atoms with Gasteiger partial charge in [0.2, 0.25) is 13.4 Å². The lowest BCUT2D eigenvalue weighted by Gasteiger charge is -2.27. The van der Waals surface area contributed by atoms with E-state index in [1.165, 1.54) is 121 Å². The number of benzene rings is 10. The Bertz CT molecular complexity index is 3440. The highest BCUT2D eigenvalue weighted by atomic mass is 15.0. The van der Waals surface area contributed by atoms with Crippen LogP contribution in [0.5, 0.6) is 0 Å². The Labute approximate surface area is 372 Å². The van der Waals surface area contributed by atoms with E-state index in [2.05, 4.69) is 240 Å². The average Bonchev–Trinajstić information content (AvgIpc) is 4.09. The summed E-state index contributed by atoms with van der Waals surface area (Å²) in [6.07, 6.45) is 0. The average molecular weight is 809 g/mol. The highest BCUT2D eigenvalue weighted by Crippen LogP contribution is 2.37. The molecule has 0 aliphatic carbocycles. The van der Waals surface area contributed by atoms with Gasteiger partial charge in [-0.3, -0.25) is 0 Å². The van der Waals surface area contributed by atoms with E-state index < -0.39 is 0 Å². The standard InChI is InChI=1S/C60H38B2N2/c1-9-29-49-39(19-1)40-20-2-10-30-50(40)61(49)59-47(27-17-37-57(59)63-53-33-13-5-23-43(53)44-24-6-14-34-54(44)63)48-28-18-38-58(64-55-35-15-7-25-45(55)46-26-8-16-36-56(46)64)60(48)62-51-31-11-3-21-41(51)42-22-4-12-32-52(42)62/h1-38H. The van der Waals surface area contributed by atoms with Gasteiger partial charge in [-0.2, -0.15) is 0 Å². The molecule has 14 rings (SSSR count). The first kappa shape index (κ1) is 35.5. The summed E-state index contributed by atoms with van der Waals surface area (Å²) in [5.74, 6) is 0. The normalized spacial score (nSPS) is 12.6. The molecule has 2 aliphatic rings. The topological polar surface area (TPSA) is 9.86 Å². The summed E-state index contributed by atoms with van der Waals surface area (Å²) >= 11 is 0. The Balaban J connectivity index is 1.17. The molecule has 0 fully saturated rings. The van der Waals surface area contributed by atoms with Gasteiger partial charge in [-0.05, 0) is 80.7 Å². The second-order valence-electron chi connectivity index (χ2n) is 17.4. The maximum Gasteiger partial charge on any atom is 0.246 e. The molecule has 4 heteroatoms. The van der Waals surface area contributed by atoms with E-state index >= 15 is 0 Å². The van der Waals surface area contributed by atoms with Gasteiger partial charge in [-0.15, -0.1) is 0 Å². The predicted octanol–water partition coefficient (Wildman–Crippen LogP) is 10.5. The lowest BCUT2D eigenvalue weighted by atomic mass is 9.35. The highest BCUT2D eigenvalue weighted by Gasteiger charge is 2.40. The Morgan fingerprint density at radius 2 is 0.469 bits per heavy atom. The number of rotatable bonds is 5. The van der Waals surface area contributed by atoms with Crippen LogP contribution in [0.15, 0.2) is 231 Å². The van der Waals surface area contributed by atoms with Gasteiger partial charge in [0.15, 0.2) is 0 Å². The molecular weight excluding hydrogens is 770 g/mol. The van der Waals surface area contributed by atoms with Crippen molar-refractivity contribution in [3.63, 3.8) is 0 Å². The quantitative estimate of drug-likeness (QED) is 0.153. The minimum atomic E-state index is -0.0218. The first-order valence-electron chi connectivity index (χ1n) is 22.4. The molecule has 4 heterocycles. The first-order valence-corrected chi connectivity index (χ1v) is 22.4. The van der Waals surface area contributed by atoms with Crippen LogP contribution >= 0.6 is 0 Å². The minimum absolute atomic E-state index is 0.0218.